The molecule has 0 spiro atoms. The Labute approximate surface area is 278 Å². The molecule has 5 atom stereocenters. The first kappa shape index (κ1) is 35.8. The second kappa shape index (κ2) is 15.7. The number of rotatable bonds is 13. The lowest BCUT2D eigenvalue weighted by atomic mass is 9.93. The van der Waals surface area contributed by atoms with Gasteiger partial charge in [-0.15, -0.1) is 0 Å². The number of hydrogen-bond donors (Lipinski definition) is 4. The van der Waals surface area contributed by atoms with Crippen LogP contribution in [0.3, 0.4) is 0 Å². The van der Waals surface area contributed by atoms with Crippen molar-refractivity contribution in [3.8, 4) is 0 Å². The van der Waals surface area contributed by atoms with Crippen LogP contribution >= 0.6 is 0 Å². The zero-order valence-corrected chi connectivity index (χ0v) is 28.5. The van der Waals surface area contributed by atoms with Crippen LogP contribution in [0.1, 0.15) is 53.5 Å². The Morgan fingerprint density at radius 2 is 1.70 bits per heavy atom. The molecule has 2 aromatic carbocycles. The van der Waals surface area contributed by atoms with Crippen molar-refractivity contribution >= 4 is 33.4 Å². The second-order valence-corrected chi connectivity index (χ2v) is 14.9. The fraction of sp³-hybridized carbons (Fsp3) is 0.457. The van der Waals surface area contributed by atoms with Crippen molar-refractivity contribution in [1.29, 1.82) is 0 Å². The predicted octanol–water partition coefficient (Wildman–Crippen LogP) is 2.49. The maximum absolute atomic E-state index is 13.9. The molecule has 1 fully saturated rings. The van der Waals surface area contributed by atoms with Gasteiger partial charge in [-0.3, -0.25) is 18.7 Å². The van der Waals surface area contributed by atoms with Crippen molar-refractivity contribution in [2.75, 3.05) is 37.2 Å². The van der Waals surface area contributed by atoms with Gasteiger partial charge in [0.15, 0.2) is 0 Å². The van der Waals surface area contributed by atoms with E-state index in [1.165, 1.54) is 25.2 Å². The van der Waals surface area contributed by atoms with E-state index in [-0.39, 0.29) is 47.0 Å². The Hall–Kier alpha value is -4.00. The van der Waals surface area contributed by atoms with Gasteiger partial charge < -0.3 is 26.0 Å². The average Bonchev–Trinajstić information content (AvgIpc) is 3.04. The van der Waals surface area contributed by atoms with Gasteiger partial charge in [0.2, 0.25) is 15.9 Å². The van der Waals surface area contributed by atoms with Crippen LogP contribution < -0.4 is 20.3 Å². The number of amides is 3. The quantitative estimate of drug-likeness (QED) is 0.257. The van der Waals surface area contributed by atoms with Crippen molar-refractivity contribution in [3.63, 3.8) is 0 Å². The minimum Gasteiger partial charge on any atom is -0.389 e. The third kappa shape index (κ3) is 9.52. The van der Waals surface area contributed by atoms with Crippen molar-refractivity contribution in [2.24, 2.45) is 11.8 Å². The van der Waals surface area contributed by atoms with Gasteiger partial charge in [-0.05, 0) is 49.4 Å². The SMILES string of the molecule is CC(C)CN1CCNC([C@@H](O)[C@H](Cc2ccccc2)NC(=O)c2cc(C(=O)N[C@H](C)C3C=CC=CC3)cc(N(C)S(C)(=O)=O)c2)C1=O. The lowest BCUT2D eigenvalue weighted by Gasteiger charge is -2.38. The molecule has 1 aliphatic carbocycles. The normalized spacial score (nSPS) is 20.1. The van der Waals surface area contributed by atoms with Gasteiger partial charge in [-0.2, -0.15) is 0 Å². The lowest BCUT2D eigenvalue weighted by molar-refractivity contribution is -0.140. The number of nitrogens with zero attached hydrogens (tertiary/aromatic N) is 2. The first-order chi connectivity index (χ1) is 22.2. The molecule has 2 aromatic rings. The lowest BCUT2D eigenvalue weighted by Crippen LogP contribution is -2.64. The van der Waals surface area contributed by atoms with E-state index in [1.54, 1.807) is 4.90 Å². The van der Waals surface area contributed by atoms with Crippen LogP contribution in [0, 0.1) is 11.8 Å². The van der Waals surface area contributed by atoms with Crippen molar-refractivity contribution < 1.29 is 27.9 Å². The van der Waals surface area contributed by atoms with Crippen molar-refractivity contribution in [2.45, 2.75) is 57.8 Å². The first-order valence-electron chi connectivity index (χ1n) is 16.0. The largest absolute Gasteiger partial charge is 0.389 e. The maximum atomic E-state index is 13.9. The number of sulfonamides is 1. The summed E-state index contributed by atoms with van der Waals surface area (Å²) in [5.74, 6) is -0.989. The third-order valence-electron chi connectivity index (χ3n) is 8.60. The molecule has 1 saturated heterocycles. The number of benzene rings is 2. The standard InChI is InChI=1S/C35H47N5O6S/c1-23(2)22-40-17-16-36-31(35(40)44)32(41)30(18-25-12-8-6-9-13-25)38-34(43)28-19-27(20-29(21-28)39(4)47(5,45)46)33(42)37-24(3)26-14-10-7-11-15-26/h6-14,19-21,23-24,26,30-32,36,41H,15-18,22H2,1-5H3,(H,37,42)(H,38,43)/t24-,26?,30+,31?,32+/m1/s1. The van der Waals surface area contributed by atoms with Crippen LogP contribution in [0.15, 0.2) is 72.8 Å². The minimum absolute atomic E-state index is 0.0333. The fourth-order valence-corrected chi connectivity index (χ4v) is 6.35. The highest BCUT2D eigenvalue weighted by atomic mass is 32.2. The summed E-state index contributed by atoms with van der Waals surface area (Å²) in [4.78, 5) is 42.6. The monoisotopic (exact) mass is 665 g/mol. The van der Waals surface area contributed by atoms with E-state index >= 15 is 0 Å². The zero-order valence-electron chi connectivity index (χ0n) is 27.7. The van der Waals surface area contributed by atoms with Crippen LogP contribution in [0.5, 0.6) is 0 Å². The number of piperazine rings is 1. The molecule has 0 radical (unpaired) electrons. The second-order valence-electron chi connectivity index (χ2n) is 12.8. The Kier molecular flexibility index (Phi) is 12.0. The van der Waals surface area contributed by atoms with Crippen LogP contribution in [0.2, 0.25) is 0 Å². The van der Waals surface area contributed by atoms with E-state index in [2.05, 4.69) is 16.0 Å². The van der Waals surface area contributed by atoms with Gasteiger partial charge in [0.25, 0.3) is 11.8 Å². The molecule has 4 N–H and O–H groups in total. The van der Waals surface area contributed by atoms with Crippen LogP contribution in [-0.2, 0) is 21.2 Å². The molecule has 254 valence electrons. The first-order valence-corrected chi connectivity index (χ1v) is 17.9. The summed E-state index contributed by atoms with van der Waals surface area (Å²) in [6.07, 6.45) is 8.66. The number of carbonyl (C=O) groups is 3. The topological polar surface area (TPSA) is 148 Å². The van der Waals surface area contributed by atoms with Crippen molar-refractivity contribution in [1.82, 2.24) is 20.9 Å². The average molecular weight is 666 g/mol. The number of nitrogens with one attached hydrogen (secondary N) is 3. The fourth-order valence-electron chi connectivity index (χ4n) is 5.86. The zero-order chi connectivity index (χ0) is 34.3. The van der Waals surface area contributed by atoms with Gasteiger partial charge >= 0.3 is 0 Å². The molecule has 12 heteroatoms. The van der Waals surface area contributed by atoms with Gasteiger partial charge in [0, 0.05) is 49.8 Å². The van der Waals surface area contributed by atoms with Crippen LogP contribution in [-0.4, -0.2) is 93.3 Å². The van der Waals surface area contributed by atoms with E-state index in [1.807, 2.05) is 75.4 Å². The number of hydrogen-bond acceptors (Lipinski definition) is 7. The Bertz CT molecular complexity index is 1590. The molecule has 3 amide bonds. The van der Waals surface area contributed by atoms with Gasteiger partial charge in [-0.1, -0.05) is 68.5 Å². The summed E-state index contributed by atoms with van der Waals surface area (Å²) in [6, 6.07) is 11.5. The Balaban J connectivity index is 1.64. The summed E-state index contributed by atoms with van der Waals surface area (Å²) in [5, 5.41) is 20.7. The number of aliphatic hydroxyl groups excluding tert-OH is 1. The molecule has 1 aliphatic heterocycles. The predicted molar refractivity (Wildman–Crippen MR) is 184 cm³/mol. The summed E-state index contributed by atoms with van der Waals surface area (Å²) < 4.78 is 26.0. The molecular formula is C35H47N5O6S. The third-order valence-corrected chi connectivity index (χ3v) is 9.80. The highest BCUT2D eigenvalue weighted by molar-refractivity contribution is 7.92. The molecule has 0 aromatic heterocycles. The van der Waals surface area contributed by atoms with Crippen LogP contribution in [0.4, 0.5) is 5.69 Å². The van der Waals surface area contributed by atoms with E-state index in [9.17, 15) is 27.9 Å². The summed E-state index contributed by atoms with van der Waals surface area (Å²) in [7, 11) is -2.38. The minimum atomic E-state index is -3.73. The van der Waals surface area contributed by atoms with E-state index in [0.29, 0.717) is 19.6 Å². The molecule has 2 unspecified atom stereocenters. The molecule has 0 saturated carbocycles. The highest BCUT2D eigenvalue weighted by Crippen LogP contribution is 2.23. The van der Waals surface area contributed by atoms with E-state index in [0.717, 1.165) is 22.5 Å². The maximum Gasteiger partial charge on any atom is 0.251 e. The van der Waals surface area contributed by atoms with Crippen molar-refractivity contribution in [3.05, 3.63) is 89.5 Å². The summed E-state index contributed by atoms with van der Waals surface area (Å²) in [5.41, 5.74) is 1.11. The Morgan fingerprint density at radius 1 is 1.04 bits per heavy atom. The van der Waals surface area contributed by atoms with E-state index in [4.69, 9.17) is 0 Å². The van der Waals surface area contributed by atoms with Gasteiger partial charge in [-0.25, -0.2) is 8.42 Å². The highest BCUT2D eigenvalue weighted by Gasteiger charge is 2.38. The molecule has 1 heterocycles. The smallest absolute Gasteiger partial charge is 0.251 e. The van der Waals surface area contributed by atoms with Gasteiger partial charge in [0.05, 0.1) is 24.1 Å². The summed E-state index contributed by atoms with van der Waals surface area (Å²) >= 11 is 0. The molecular weight excluding hydrogens is 618 g/mol. The molecule has 4 rings (SSSR count). The van der Waals surface area contributed by atoms with Crippen LogP contribution in [0.25, 0.3) is 0 Å². The molecule has 47 heavy (non-hydrogen) atoms. The summed E-state index contributed by atoms with van der Waals surface area (Å²) in [6.45, 7) is 7.51. The number of allylic oxidation sites excluding steroid dienone is 3. The molecule has 0 bridgehead atoms. The number of aliphatic hydroxyl groups is 1. The molecule has 2 aliphatic rings. The number of carbonyl (C=O) groups excluding carboxylic acids is 3. The Morgan fingerprint density at radius 3 is 2.30 bits per heavy atom. The van der Waals surface area contributed by atoms with E-state index < -0.39 is 40.0 Å². The number of anilines is 1. The molecule has 11 nitrogen and oxygen atoms in total. The van der Waals surface area contributed by atoms with Gasteiger partial charge in [0.1, 0.15) is 6.04 Å².